The molecule has 0 unspecified atom stereocenters. The number of hydrogen-bond donors (Lipinski definition) is 3. The summed E-state index contributed by atoms with van der Waals surface area (Å²) in [5, 5.41) is 12.0. The predicted octanol–water partition coefficient (Wildman–Crippen LogP) is 2.41. The fourth-order valence-electron chi connectivity index (χ4n) is 2.42. The van der Waals surface area contributed by atoms with E-state index in [9.17, 15) is 4.39 Å². The van der Waals surface area contributed by atoms with E-state index < -0.39 is 5.82 Å². The number of nitrogens with one attached hydrogen (secondary N) is 1. The first kappa shape index (κ1) is 17.0. The Labute approximate surface area is 145 Å². The maximum atomic E-state index is 13.6. The molecule has 4 N–H and O–H groups in total. The maximum absolute atomic E-state index is 13.6. The number of hydrogen-bond acceptors (Lipinski definition) is 4. The van der Waals surface area contributed by atoms with Crippen molar-refractivity contribution in [3.63, 3.8) is 0 Å². The van der Waals surface area contributed by atoms with E-state index in [0.717, 1.165) is 12.1 Å². The Bertz CT molecular complexity index is 780. The van der Waals surface area contributed by atoms with Crippen molar-refractivity contribution in [2.75, 3.05) is 18.5 Å². The topological polar surface area (TPSA) is 89.1 Å². The van der Waals surface area contributed by atoms with Gasteiger partial charge in [0.25, 0.3) is 0 Å². The van der Waals surface area contributed by atoms with Crippen molar-refractivity contribution in [2.24, 2.45) is 10.7 Å². The van der Waals surface area contributed by atoms with Gasteiger partial charge in [-0.15, -0.1) is 0 Å². The van der Waals surface area contributed by atoms with Crippen LogP contribution in [-0.4, -0.2) is 24.3 Å². The highest BCUT2D eigenvalue weighted by Gasteiger charge is 2.11. The Hall–Kier alpha value is -2.80. The zero-order valence-corrected chi connectivity index (χ0v) is 13.7. The monoisotopic (exact) mass is 345 g/mol. The van der Waals surface area contributed by atoms with E-state index in [-0.39, 0.29) is 24.7 Å². The van der Waals surface area contributed by atoms with Crippen molar-refractivity contribution in [3.05, 3.63) is 53.3 Å². The molecule has 0 radical (unpaired) electrons. The Morgan fingerprint density at radius 2 is 1.96 bits per heavy atom. The van der Waals surface area contributed by atoms with Crippen LogP contribution in [0.4, 0.5) is 10.1 Å². The summed E-state index contributed by atoms with van der Waals surface area (Å²) >= 11 is 0. The number of anilines is 1. The predicted molar refractivity (Wildman–Crippen MR) is 93.3 cm³/mol. The van der Waals surface area contributed by atoms with Crippen LogP contribution in [0.2, 0.25) is 0 Å². The van der Waals surface area contributed by atoms with Gasteiger partial charge in [0.2, 0.25) is 0 Å². The summed E-state index contributed by atoms with van der Waals surface area (Å²) in [5.41, 5.74) is 7.54. The Kier molecular flexibility index (Phi) is 5.35. The number of aliphatic imine (C=N–C) groups is 1. The van der Waals surface area contributed by atoms with Gasteiger partial charge in [0, 0.05) is 23.7 Å². The second-order valence-electron chi connectivity index (χ2n) is 5.62. The molecule has 6 nitrogen and oxygen atoms in total. The van der Waals surface area contributed by atoms with Crippen molar-refractivity contribution >= 4 is 11.6 Å². The summed E-state index contributed by atoms with van der Waals surface area (Å²) in [5.74, 6) is 1.13. The van der Waals surface area contributed by atoms with E-state index in [1.807, 2.05) is 12.1 Å². The third-order valence-corrected chi connectivity index (χ3v) is 3.74. The Morgan fingerprint density at radius 3 is 2.72 bits per heavy atom. The largest absolute Gasteiger partial charge is 0.490 e. The van der Waals surface area contributed by atoms with Gasteiger partial charge in [0.15, 0.2) is 17.5 Å². The average molecular weight is 345 g/mol. The standard InChI is InChI=1S/C18H20FN3O3/c19-15-8-12(2-3-13(15)11-23)10-21-18(20)22-14-4-5-16-17(9-14)25-7-1-6-24-16/h2-5,8-9,23H,1,6-7,10-11H2,(H3,20,21,22). The first-order valence-electron chi connectivity index (χ1n) is 8.00. The van der Waals surface area contributed by atoms with Crippen molar-refractivity contribution in [1.29, 1.82) is 0 Å². The lowest BCUT2D eigenvalue weighted by atomic mass is 10.1. The van der Waals surface area contributed by atoms with Crippen LogP contribution in [0.3, 0.4) is 0 Å². The highest BCUT2D eigenvalue weighted by molar-refractivity contribution is 5.92. The summed E-state index contributed by atoms with van der Waals surface area (Å²) in [4.78, 5) is 4.20. The number of guanidine groups is 1. The number of halogens is 1. The molecule has 0 atom stereocenters. The number of benzene rings is 2. The van der Waals surface area contributed by atoms with Crippen LogP contribution >= 0.6 is 0 Å². The molecule has 7 heteroatoms. The number of nitrogens with zero attached hydrogens (tertiary/aromatic N) is 1. The van der Waals surface area contributed by atoms with Crippen LogP contribution in [0.5, 0.6) is 11.5 Å². The molecule has 0 saturated carbocycles. The van der Waals surface area contributed by atoms with Crippen LogP contribution in [0.25, 0.3) is 0 Å². The zero-order valence-electron chi connectivity index (χ0n) is 13.7. The lowest BCUT2D eigenvalue weighted by Crippen LogP contribution is -2.22. The summed E-state index contributed by atoms with van der Waals surface area (Å²) in [7, 11) is 0. The lowest BCUT2D eigenvalue weighted by Gasteiger charge is -2.11. The summed E-state index contributed by atoms with van der Waals surface area (Å²) in [6, 6.07) is 10.0. The third kappa shape index (κ3) is 4.39. The van der Waals surface area contributed by atoms with Gasteiger partial charge in [0.05, 0.1) is 26.4 Å². The number of nitrogens with two attached hydrogens (primary N) is 1. The van der Waals surface area contributed by atoms with Crippen molar-refractivity contribution in [3.8, 4) is 11.5 Å². The molecular formula is C18H20FN3O3. The summed E-state index contributed by atoms with van der Waals surface area (Å²) in [6.45, 7) is 1.14. The van der Waals surface area contributed by atoms with E-state index in [4.69, 9.17) is 20.3 Å². The fourth-order valence-corrected chi connectivity index (χ4v) is 2.42. The van der Waals surface area contributed by atoms with Crippen LogP contribution in [-0.2, 0) is 13.2 Å². The molecule has 0 aliphatic carbocycles. The number of ether oxygens (including phenoxy) is 2. The number of fused-ring (bicyclic) bond motifs is 1. The second-order valence-corrected chi connectivity index (χ2v) is 5.62. The third-order valence-electron chi connectivity index (χ3n) is 3.74. The van der Waals surface area contributed by atoms with E-state index in [1.165, 1.54) is 12.1 Å². The van der Waals surface area contributed by atoms with Crippen molar-refractivity contribution in [2.45, 2.75) is 19.6 Å². The Morgan fingerprint density at radius 1 is 1.16 bits per heavy atom. The first-order chi connectivity index (χ1) is 12.2. The molecule has 1 aliphatic heterocycles. The highest BCUT2D eigenvalue weighted by Crippen LogP contribution is 2.32. The van der Waals surface area contributed by atoms with Gasteiger partial charge in [0.1, 0.15) is 5.82 Å². The molecule has 0 spiro atoms. The van der Waals surface area contributed by atoms with Gasteiger partial charge < -0.3 is 25.6 Å². The fraction of sp³-hybridized carbons (Fsp3) is 0.278. The van der Waals surface area contributed by atoms with E-state index >= 15 is 0 Å². The van der Waals surface area contributed by atoms with E-state index in [2.05, 4.69) is 10.3 Å². The minimum absolute atomic E-state index is 0.209. The molecule has 0 aromatic heterocycles. The van der Waals surface area contributed by atoms with Gasteiger partial charge in [-0.25, -0.2) is 9.38 Å². The molecule has 132 valence electrons. The molecule has 25 heavy (non-hydrogen) atoms. The van der Waals surface area contributed by atoms with Crippen LogP contribution in [0.1, 0.15) is 17.5 Å². The second kappa shape index (κ2) is 7.85. The summed E-state index contributed by atoms with van der Waals surface area (Å²) < 4.78 is 24.8. The number of rotatable bonds is 4. The van der Waals surface area contributed by atoms with Crippen LogP contribution in [0, 0.1) is 5.82 Å². The molecule has 1 aliphatic rings. The first-order valence-corrected chi connectivity index (χ1v) is 8.00. The SMILES string of the molecule is NC(=NCc1ccc(CO)c(F)c1)Nc1ccc2c(c1)OCCCO2. The number of aliphatic hydroxyl groups excluding tert-OH is 1. The van der Waals surface area contributed by atoms with E-state index in [1.54, 1.807) is 12.1 Å². The van der Waals surface area contributed by atoms with Crippen molar-refractivity contribution in [1.82, 2.24) is 0 Å². The van der Waals surface area contributed by atoms with Gasteiger partial charge in [-0.2, -0.15) is 0 Å². The molecular weight excluding hydrogens is 325 g/mol. The number of aliphatic hydroxyl groups is 1. The molecule has 0 saturated heterocycles. The van der Waals surface area contributed by atoms with Gasteiger partial charge in [-0.1, -0.05) is 12.1 Å². The van der Waals surface area contributed by atoms with Crippen LogP contribution in [0.15, 0.2) is 41.4 Å². The van der Waals surface area contributed by atoms with Crippen LogP contribution < -0.4 is 20.5 Å². The maximum Gasteiger partial charge on any atom is 0.193 e. The lowest BCUT2D eigenvalue weighted by molar-refractivity contribution is 0.275. The molecule has 3 rings (SSSR count). The zero-order chi connectivity index (χ0) is 17.6. The molecule has 2 aromatic rings. The van der Waals surface area contributed by atoms with E-state index in [0.29, 0.717) is 30.3 Å². The summed E-state index contributed by atoms with van der Waals surface area (Å²) in [6.07, 6.45) is 0.840. The van der Waals surface area contributed by atoms with Gasteiger partial charge in [-0.3, -0.25) is 0 Å². The molecule has 0 fully saturated rings. The molecule has 2 aromatic carbocycles. The quantitative estimate of drug-likeness (QED) is 0.585. The Balaban J connectivity index is 1.65. The smallest absolute Gasteiger partial charge is 0.193 e. The molecule has 0 bridgehead atoms. The normalized spacial score (nSPS) is 14.1. The average Bonchev–Trinajstić information content (AvgIpc) is 2.85. The molecule has 1 heterocycles. The minimum atomic E-state index is -0.454. The molecule has 0 amide bonds. The van der Waals surface area contributed by atoms with Crippen molar-refractivity contribution < 1.29 is 19.0 Å². The highest BCUT2D eigenvalue weighted by atomic mass is 19.1. The van der Waals surface area contributed by atoms with Gasteiger partial charge >= 0.3 is 0 Å². The van der Waals surface area contributed by atoms with Gasteiger partial charge in [-0.05, 0) is 23.8 Å². The minimum Gasteiger partial charge on any atom is -0.490 e.